The topological polar surface area (TPSA) is 84.9 Å². The molecule has 0 atom stereocenters. The zero-order chi connectivity index (χ0) is 20.9. The molecule has 0 aliphatic carbocycles. The van der Waals surface area contributed by atoms with Gasteiger partial charge in [-0.05, 0) is 56.2 Å². The fourth-order valence-corrected chi connectivity index (χ4v) is 4.84. The SMILES string of the molecule is CCOc1cc(C(=O)Nc2cccc(S(=O)(=O)N3CCCCC3)c2)ccc1OC. The van der Waals surface area contributed by atoms with Crippen molar-refractivity contribution in [3.05, 3.63) is 48.0 Å². The first kappa shape index (κ1) is 21.1. The first-order valence-corrected chi connectivity index (χ1v) is 11.1. The normalized spacial score (nSPS) is 15.0. The zero-order valence-corrected chi connectivity index (χ0v) is 17.5. The number of benzene rings is 2. The average molecular weight is 419 g/mol. The Kier molecular flexibility index (Phi) is 6.76. The number of carbonyl (C=O) groups excluding carboxylic acids is 1. The molecule has 1 heterocycles. The fourth-order valence-electron chi connectivity index (χ4n) is 3.28. The van der Waals surface area contributed by atoms with E-state index in [1.807, 2.05) is 6.92 Å². The third-order valence-electron chi connectivity index (χ3n) is 4.77. The van der Waals surface area contributed by atoms with Gasteiger partial charge in [0.2, 0.25) is 10.0 Å². The van der Waals surface area contributed by atoms with E-state index in [1.165, 1.54) is 17.5 Å². The van der Waals surface area contributed by atoms with E-state index in [0.29, 0.717) is 42.4 Å². The van der Waals surface area contributed by atoms with Gasteiger partial charge in [-0.15, -0.1) is 0 Å². The first-order valence-electron chi connectivity index (χ1n) is 9.68. The summed E-state index contributed by atoms with van der Waals surface area (Å²) in [6.45, 7) is 3.36. The Labute approximate surface area is 171 Å². The largest absolute Gasteiger partial charge is 0.493 e. The Morgan fingerprint density at radius 3 is 2.52 bits per heavy atom. The van der Waals surface area contributed by atoms with Crippen LogP contribution in [0.15, 0.2) is 47.4 Å². The van der Waals surface area contributed by atoms with Crippen LogP contribution in [-0.2, 0) is 10.0 Å². The highest BCUT2D eigenvalue weighted by molar-refractivity contribution is 7.89. The van der Waals surface area contributed by atoms with Crippen molar-refractivity contribution in [2.24, 2.45) is 0 Å². The van der Waals surface area contributed by atoms with Crippen LogP contribution < -0.4 is 14.8 Å². The lowest BCUT2D eigenvalue weighted by atomic mass is 10.2. The molecule has 3 rings (SSSR count). The molecule has 0 saturated carbocycles. The third-order valence-corrected chi connectivity index (χ3v) is 6.67. The molecule has 7 nitrogen and oxygen atoms in total. The van der Waals surface area contributed by atoms with Crippen molar-refractivity contribution in [1.29, 1.82) is 0 Å². The molecule has 1 saturated heterocycles. The molecule has 2 aromatic carbocycles. The summed E-state index contributed by atoms with van der Waals surface area (Å²) in [6.07, 6.45) is 2.79. The number of amides is 1. The molecule has 1 N–H and O–H groups in total. The van der Waals surface area contributed by atoms with Crippen molar-refractivity contribution in [3.8, 4) is 11.5 Å². The number of carbonyl (C=O) groups is 1. The molecule has 2 aromatic rings. The molecule has 0 aromatic heterocycles. The molecule has 0 unspecified atom stereocenters. The quantitative estimate of drug-likeness (QED) is 0.744. The molecule has 0 radical (unpaired) electrons. The predicted octanol–water partition coefficient (Wildman–Crippen LogP) is 3.52. The van der Waals surface area contributed by atoms with E-state index in [4.69, 9.17) is 9.47 Å². The summed E-state index contributed by atoms with van der Waals surface area (Å²) in [6, 6.07) is 11.2. The molecule has 1 aliphatic heterocycles. The second kappa shape index (κ2) is 9.28. The number of nitrogens with one attached hydrogen (secondary N) is 1. The number of ether oxygens (including phenoxy) is 2. The number of anilines is 1. The fraction of sp³-hybridized carbons (Fsp3) is 0.381. The Morgan fingerprint density at radius 2 is 1.83 bits per heavy atom. The minimum Gasteiger partial charge on any atom is -0.493 e. The van der Waals surface area contributed by atoms with Crippen LogP contribution in [-0.4, -0.2) is 45.4 Å². The first-order chi connectivity index (χ1) is 14.0. The zero-order valence-electron chi connectivity index (χ0n) is 16.7. The van der Waals surface area contributed by atoms with Gasteiger partial charge in [-0.1, -0.05) is 12.5 Å². The average Bonchev–Trinajstić information content (AvgIpc) is 2.74. The molecule has 8 heteroatoms. The van der Waals surface area contributed by atoms with Crippen molar-refractivity contribution < 1.29 is 22.7 Å². The number of hydrogen-bond acceptors (Lipinski definition) is 5. The summed E-state index contributed by atoms with van der Waals surface area (Å²) in [5.74, 6) is 0.656. The van der Waals surface area contributed by atoms with Crippen LogP contribution >= 0.6 is 0 Å². The predicted molar refractivity (Wildman–Crippen MR) is 111 cm³/mol. The lowest BCUT2D eigenvalue weighted by molar-refractivity contribution is 0.102. The van der Waals surface area contributed by atoms with Crippen molar-refractivity contribution in [1.82, 2.24) is 4.31 Å². The number of methoxy groups -OCH3 is 1. The number of rotatable bonds is 7. The lowest BCUT2D eigenvalue weighted by Gasteiger charge is -2.26. The summed E-state index contributed by atoms with van der Waals surface area (Å²) in [5, 5.41) is 2.76. The Bertz CT molecular complexity index is 969. The van der Waals surface area contributed by atoms with Crippen molar-refractivity contribution in [3.63, 3.8) is 0 Å². The van der Waals surface area contributed by atoms with Gasteiger partial charge in [0.25, 0.3) is 5.91 Å². The monoisotopic (exact) mass is 418 g/mol. The summed E-state index contributed by atoms with van der Waals surface area (Å²) >= 11 is 0. The third kappa shape index (κ3) is 4.89. The minimum atomic E-state index is -3.56. The second-order valence-corrected chi connectivity index (χ2v) is 8.68. The molecule has 1 fully saturated rings. The molecule has 1 aliphatic rings. The highest BCUT2D eigenvalue weighted by Crippen LogP contribution is 2.29. The second-order valence-electron chi connectivity index (χ2n) is 6.75. The highest BCUT2D eigenvalue weighted by atomic mass is 32.2. The van der Waals surface area contributed by atoms with Gasteiger partial charge in [0, 0.05) is 24.3 Å². The summed E-state index contributed by atoms with van der Waals surface area (Å²) in [5.41, 5.74) is 0.806. The lowest BCUT2D eigenvalue weighted by Crippen LogP contribution is -2.35. The number of hydrogen-bond donors (Lipinski definition) is 1. The maximum atomic E-state index is 12.9. The molecule has 0 bridgehead atoms. The maximum absolute atomic E-state index is 12.9. The van der Waals surface area contributed by atoms with Crippen LogP contribution in [0.2, 0.25) is 0 Å². The highest BCUT2D eigenvalue weighted by Gasteiger charge is 2.26. The van der Waals surface area contributed by atoms with E-state index in [9.17, 15) is 13.2 Å². The Hall–Kier alpha value is -2.58. The standard InChI is InChI=1S/C21H26N2O5S/c1-3-28-20-14-16(10-11-19(20)27-2)21(24)22-17-8-7-9-18(15-17)29(25,26)23-12-5-4-6-13-23/h7-11,14-15H,3-6,12-13H2,1-2H3,(H,22,24). The Morgan fingerprint density at radius 1 is 1.07 bits per heavy atom. The van der Waals surface area contributed by atoms with E-state index in [2.05, 4.69) is 5.32 Å². The molecule has 156 valence electrons. The van der Waals surface area contributed by atoms with Crippen molar-refractivity contribution >= 4 is 21.6 Å². The Balaban J connectivity index is 1.79. The van der Waals surface area contributed by atoms with Gasteiger partial charge < -0.3 is 14.8 Å². The molecule has 1 amide bonds. The number of sulfonamides is 1. The van der Waals surface area contributed by atoms with Crippen LogP contribution in [0.3, 0.4) is 0 Å². The van der Waals surface area contributed by atoms with E-state index < -0.39 is 10.0 Å². The summed E-state index contributed by atoms with van der Waals surface area (Å²) < 4.78 is 38.0. The van der Waals surface area contributed by atoms with Crippen molar-refractivity contribution in [2.75, 3.05) is 32.1 Å². The van der Waals surface area contributed by atoms with Gasteiger partial charge in [-0.2, -0.15) is 4.31 Å². The van der Waals surface area contributed by atoms with Crippen LogP contribution in [0.5, 0.6) is 11.5 Å². The van der Waals surface area contributed by atoms with E-state index >= 15 is 0 Å². The van der Waals surface area contributed by atoms with Crippen LogP contribution in [0.25, 0.3) is 0 Å². The maximum Gasteiger partial charge on any atom is 0.255 e. The number of nitrogens with zero attached hydrogens (tertiary/aromatic N) is 1. The van der Waals surface area contributed by atoms with E-state index in [-0.39, 0.29) is 10.8 Å². The summed E-state index contributed by atoms with van der Waals surface area (Å²) in [4.78, 5) is 12.8. The van der Waals surface area contributed by atoms with Gasteiger partial charge in [0.05, 0.1) is 18.6 Å². The van der Waals surface area contributed by atoms with Gasteiger partial charge >= 0.3 is 0 Å². The van der Waals surface area contributed by atoms with Crippen LogP contribution in [0.1, 0.15) is 36.5 Å². The molecule has 29 heavy (non-hydrogen) atoms. The van der Waals surface area contributed by atoms with Crippen LogP contribution in [0, 0.1) is 0 Å². The van der Waals surface area contributed by atoms with Gasteiger partial charge in [0.1, 0.15) is 0 Å². The molecular formula is C21H26N2O5S. The van der Waals surface area contributed by atoms with Crippen molar-refractivity contribution in [2.45, 2.75) is 31.1 Å². The summed E-state index contributed by atoms with van der Waals surface area (Å²) in [7, 11) is -2.03. The smallest absolute Gasteiger partial charge is 0.255 e. The van der Waals surface area contributed by atoms with Gasteiger partial charge in [-0.3, -0.25) is 4.79 Å². The van der Waals surface area contributed by atoms with E-state index in [1.54, 1.807) is 36.4 Å². The minimum absolute atomic E-state index is 0.182. The van der Waals surface area contributed by atoms with Gasteiger partial charge in [0.15, 0.2) is 11.5 Å². The van der Waals surface area contributed by atoms with Gasteiger partial charge in [-0.25, -0.2) is 8.42 Å². The molecular weight excluding hydrogens is 392 g/mol. The van der Waals surface area contributed by atoms with Crippen LogP contribution in [0.4, 0.5) is 5.69 Å². The number of piperidine rings is 1. The van der Waals surface area contributed by atoms with E-state index in [0.717, 1.165) is 19.3 Å². The molecule has 0 spiro atoms.